The lowest BCUT2D eigenvalue weighted by Gasteiger charge is -2.07. The van der Waals surface area contributed by atoms with Gasteiger partial charge in [0, 0.05) is 22.2 Å². The molecular weight excluding hydrogens is 284 g/mol. The SMILES string of the molecule is Nc1ccc(Sc2nccc3cc4c(cc23)OCO4)cc1. The number of pyridine rings is 1. The van der Waals surface area contributed by atoms with E-state index in [1.165, 1.54) is 0 Å². The summed E-state index contributed by atoms with van der Waals surface area (Å²) in [5.74, 6) is 1.56. The van der Waals surface area contributed by atoms with Gasteiger partial charge in [-0.05, 0) is 47.9 Å². The van der Waals surface area contributed by atoms with Gasteiger partial charge in [0.25, 0.3) is 0 Å². The van der Waals surface area contributed by atoms with Gasteiger partial charge in [0.2, 0.25) is 6.79 Å². The van der Waals surface area contributed by atoms with Gasteiger partial charge >= 0.3 is 0 Å². The summed E-state index contributed by atoms with van der Waals surface area (Å²) in [5, 5.41) is 3.09. The third-order valence-electron chi connectivity index (χ3n) is 3.32. The fraction of sp³-hybridized carbons (Fsp3) is 0.0625. The van der Waals surface area contributed by atoms with Crippen LogP contribution in [0.15, 0.2) is 58.6 Å². The van der Waals surface area contributed by atoms with Gasteiger partial charge in [0.05, 0.1) is 0 Å². The molecule has 0 amide bonds. The predicted molar refractivity (Wildman–Crippen MR) is 82.8 cm³/mol. The monoisotopic (exact) mass is 296 g/mol. The molecule has 1 aromatic heterocycles. The fourth-order valence-electron chi connectivity index (χ4n) is 2.26. The summed E-state index contributed by atoms with van der Waals surface area (Å²) in [6.07, 6.45) is 1.81. The van der Waals surface area contributed by atoms with Crippen molar-refractivity contribution in [2.24, 2.45) is 0 Å². The molecule has 1 aliphatic rings. The molecule has 2 aromatic carbocycles. The quantitative estimate of drug-likeness (QED) is 0.731. The Kier molecular flexibility index (Phi) is 2.86. The Labute approximate surface area is 125 Å². The molecule has 3 aromatic rings. The smallest absolute Gasteiger partial charge is 0.231 e. The molecule has 21 heavy (non-hydrogen) atoms. The van der Waals surface area contributed by atoms with Crippen molar-refractivity contribution in [3.8, 4) is 11.5 Å². The minimum atomic E-state index is 0.277. The van der Waals surface area contributed by atoms with Crippen molar-refractivity contribution in [2.45, 2.75) is 9.92 Å². The lowest BCUT2D eigenvalue weighted by molar-refractivity contribution is 0.174. The van der Waals surface area contributed by atoms with Gasteiger partial charge < -0.3 is 15.2 Å². The van der Waals surface area contributed by atoms with Crippen LogP contribution in [-0.4, -0.2) is 11.8 Å². The zero-order valence-corrected chi connectivity index (χ0v) is 11.9. The van der Waals surface area contributed by atoms with Crippen LogP contribution in [0.3, 0.4) is 0 Å². The predicted octanol–water partition coefficient (Wildman–Crippen LogP) is 3.70. The second-order valence-corrected chi connectivity index (χ2v) is 5.78. The molecule has 0 radical (unpaired) electrons. The van der Waals surface area contributed by atoms with Crippen LogP contribution in [0.1, 0.15) is 0 Å². The highest BCUT2D eigenvalue weighted by atomic mass is 32.2. The molecule has 0 bridgehead atoms. The number of fused-ring (bicyclic) bond motifs is 2. The summed E-state index contributed by atoms with van der Waals surface area (Å²) in [4.78, 5) is 5.58. The summed E-state index contributed by atoms with van der Waals surface area (Å²) < 4.78 is 10.9. The van der Waals surface area contributed by atoms with Crippen molar-refractivity contribution < 1.29 is 9.47 Å². The summed E-state index contributed by atoms with van der Waals surface area (Å²) in [6, 6.07) is 13.7. The molecule has 0 aliphatic carbocycles. The standard InChI is InChI=1S/C16H12N2O2S/c17-11-1-3-12(4-2-11)21-16-13-8-15-14(19-9-20-15)7-10(13)5-6-18-16/h1-8H,9,17H2. The molecule has 1 aliphatic heterocycles. The zero-order chi connectivity index (χ0) is 14.2. The van der Waals surface area contributed by atoms with Crippen LogP contribution in [0.4, 0.5) is 5.69 Å². The van der Waals surface area contributed by atoms with Crippen molar-refractivity contribution in [3.05, 3.63) is 48.7 Å². The highest BCUT2D eigenvalue weighted by Gasteiger charge is 2.16. The molecule has 0 atom stereocenters. The molecule has 4 rings (SSSR count). The van der Waals surface area contributed by atoms with E-state index in [2.05, 4.69) is 4.98 Å². The van der Waals surface area contributed by atoms with Gasteiger partial charge in [0.1, 0.15) is 5.03 Å². The molecule has 0 spiro atoms. The highest BCUT2D eigenvalue weighted by Crippen LogP contribution is 2.40. The number of rotatable bonds is 2. The van der Waals surface area contributed by atoms with Gasteiger partial charge in [-0.2, -0.15) is 0 Å². The molecule has 104 valence electrons. The zero-order valence-electron chi connectivity index (χ0n) is 11.1. The van der Waals surface area contributed by atoms with Crippen LogP contribution < -0.4 is 15.2 Å². The van der Waals surface area contributed by atoms with E-state index < -0.39 is 0 Å². The Morgan fingerprint density at radius 1 is 1.00 bits per heavy atom. The van der Waals surface area contributed by atoms with Crippen molar-refractivity contribution in [1.29, 1.82) is 0 Å². The van der Waals surface area contributed by atoms with Crippen LogP contribution in [0.25, 0.3) is 10.8 Å². The van der Waals surface area contributed by atoms with Crippen LogP contribution >= 0.6 is 11.8 Å². The van der Waals surface area contributed by atoms with E-state index >= 15 is 0 Å². The largest absolute Gasteiger partial charge is 0.454 e. The molecular formula is C16H12N2O2S. The van der Waals surface area contributed by atoms with Crippen molar-refractivity contribution in [1.82, 2.24) is 4.98 Å². The number of nitrogens with zero attached hydrogens (tertiary/aromatic N) is 1. The first kappa shape index (κ1) is 12.3. The van der Waals surface area contributed by atoms with E-state index in [4.69, 9.17) is 15.2 Å². The molecule has 0 saturated carbocycles. The van der Waals surface area contributed by atoms with E-state index in [9.17, 15) is 0 Å². The maximum Gasteiger partial charge on any atom is 0.231 e. The van der Waals surface area contributed by atoms with Crippen molar-refractivity contribution in [2.75, 3.05) is 12.5 Å². The molecule has 4 nitrogen and oxygen atoms in total. The van der Waals surface area contributed by atoms with E-state index in [1.807, 2.05) is 48.7 Å². The van der Waals surface area contributed by atoms with Crippen LogP contribution in [0.5, 0.6) is 11.5 Å². The first-order valence-corrected chi connectivity index (χ1v) is 7.33. The van der Waals surface area contributed by atoms with Crippen LogP contribution in [0.2, 0.25) is 0 Å². The normalized spacial score (nSPS) is 12.8. The molecule has 2 heterocycles. The molecule has 0 saturated heterocycles. The summed E-state index contributed by atoms with van der Waals surface area (Å²) >= 11 is 1.61. The first-order chi connectivity index (χ1) is 10.3. The topological polar surface area (TPSA) is 57.4 Å². The average molecular weight is 296 g/mol. The van der Waals surface area contributed by atoms with Gasteiger partial charge in [-0.3, -0.25) is 0 Å². The Morgan fingerprint density at radius 2 is 1.76 bits per heavy atom. The number of nitrogens with two attached hydrogens (primary N) is 1. The number of hydrogen-bond donors (Lipinski definition) is 1. The maximum absolute atomic E-state index is 5.72. The number of aromatic nitrogens is 1. The van der Waals surface area contributed by atoms with Crippen molar-refractivity contribution in [3.63, 3.8) is 0 Å². The third kappa shape index (κ3) is 2.25. The molecule has 2 N–H and O–H groups in total. The minimum absolute atomic E-state index is 0.277. The van der Waals surface area contributed by atoms with E-state index in [1.54, 1.807) is 11.8 Å². The first-order valence-electron chi connectivity index (χ1n) is 6.51. The average Bonchev–Trinajstić information content (AvgIpc) is 2.95. The number of anilines is 1. The lowest BCUT2D eigenvalue weighted by Crippen LogP contribution is -1.92. The van der Waals surface area contributed by atoms with Crippen LogP contribution in [0, 0.1) is 0 Å². The maximum atomic E-state index is 5.72. The summed E-state index contributed by atoms with van der Waals surface area (Å²) in [7, 11) is 0. The Hall–Kier alpha value is -2.40. The van der Waals surface area contributed by atoms with E-state index in [0.29, 0.717) is 0 Å². The second-order valence-electron chi connectivity index (χ2n) is 4.71. The van der Waals surface area contributed by atoms with Crippen LogP contribution in [-0.2, 0) is 0 Å². The Balaban J connectivity index is 1.79. The van der Waals surface area contributed by atoms with Crippen molar-refractivity contribution >= 4 is 28.2 Å². The molecule has 0 fully saturated rings. The third-order valence-corrected chi connectivity index (χ3v) is 4.34. The van der Waals surface area contributed by atoms with Gasteiger partial charge in [-0.1, -0.05) is 11.8 Å². The highest BCUT2D eigenvalue weighted by molar-refractivity contribution is 7.99. The van der Waals surface area contributed by atoms with Gasteiger partial charge in [0.15, 0.2) is 11.5 Å². The van der Waals surface area contributed by atoms with Gasteiger partial charge in [-0.15, -0.1) is 0 Å². The lowest BCUT2D eigenvalue weighted by atomic mass is 10.1. The summed E-state index contributed by atoms with van der Waals surface area (Å²) in [5.41, 5.74) is 6.47. The van der Waals surface area contributed by atoms with E-state index in [0.717, 1.165) is 37.9 Å². The fourth-order valence-corrected chi connectivity index (χ4v) is 3.16. The minimum Gasteiger partial charge on any atom is -0.454 e. The molecule has 5 heteroatoms. The Morgan fingerprint density at radius 3 is 2.57 bits per heavy atom. The number of hydrogen-bond acceptors (Lipinski definition) is 5. The summed E-state index contributed by atoms with van der Waals surface area (Å²) in [6.45, 7) is 0.277. The molecule has 0 unspecified atom stereocenters. The van der Waals surface area contributed by atoms with Gasteiger partial charge in [-0.25, -0.2) is 4.98 Å². The number of benzene rings is 2. The van der Waals surface area contributed by atoms with E-state index in [-0.39, 0.29) is 6.79 Å². The second kappa shape index (κ2) is 4.86. The number of nitrogen functional groups attached to an aromatic ring is 1. The Bertz CT molecular complexity index is 818. The number of ether oxygens (including phenoxy) is 2.